The smallest absolute Gasteiger partial charge is 0.156 e. The lowest BCUT2D eigenvalue weighted by molar-refractivity contribution is 0.0527. The van der Waals surface area contributed by atoms with E-state index >= 15 is 0 Å². The molecule has 1 aliphatic rings. The number of aromatic amines is 1. The normalized spacial score (nSPS) is 18.2. The van der Waals surface area contributed by atoms with E-state index in [0.717, 1.165) is 36.7 Å². The number of hydrogen-bond acceptors (Lipinski definition) is 7. The summed E-state index contributed by atoms with van der Waals surface area (Å²) < 4.78 is 7.46. The van der Waals surface area contributed by atoms with Crippen molar-refractivity contribution < 1.29 is 9.53 Å². The zero-order valence-electron chi connectivity index (χ0n) is 15.3. The highest BCUT2D eigenvalue weighted by Gasteiger charge is 2.23. The number of aromatic nitrogens is 4. The lowest BCUT2D eigenvalue weighted by Crippen LogP contribution is -2.41. The van der Waals surface area contributed by atoms with Gasteiger partial charge in [-0.3, -0.25) is 14.6 Å². The predicted octanol–water partition coefficient (Wildman–Crippen LogP) is 0.762. The van der Waals surface area contributed by atoms with Crippen LogP contribution in [0.25, 0.3) is 5.57 Å². The van der Waals surface area contributed by atoms with Crippen LogP contribution in [0.1, 0.15) is 35.6 Å². The topological polar surface area (TPSA) is 114 Å². The fraction of sp³-hybridized carbons (Fsp3) is 0.471. The van der Waals surface area contributed by atoms with Gasteiger partial charge in [-0.1, -0.05) is 0 Å². The van der Waals surface area contributed by atoms with E-state index in [1.807, 2.05) is 30.9 Å². The molecule has 3 rings (SSSR count). The molecule has 0 spiro atoms. The fourth-order valence-electron chi connectivity index (χ4n) is 3.08. The summed E-state index contributed by atoms with van der Waals surface area (Å²) in [6.45, 7) is 7.10. The molecule has 1 saturated heterocycles. The third-order valence-electron chi connectivity index (χ3n) is 4.37. The van der Waals surface area contributed by atoms with Crippen LogP contribution in [0, 0.1) is 0 Å². The minimum absolute atomic E-state index is 0.174. The molecule has 0 aromatic carbocycles. The molecule has 140 valence electrons. The number of nitrogens with two attached hydrogens (primary N) is 1. The first-order valence-electron chi connectivity index (χ1n) is 8.69. The van der Waals surface area contributed by atoms with Crippen LogP contribution in [-0.4, -0.2) is 58.6 Å². The Morgan fingerprint density at radius 3 is 3.08 bits per heavy atom. The van der Waals surface area contributed by atoms with E-state index < -0.39 is 0 Å². The summed E-state index contributed by atoms with van der Waals surface area (Å²) in [4.78, 5) is 13.7. The molecule has 26 heavy (non-hydrogen) atoms. The average molecular weight is 359 g/mol. The molecule has 1 atom stereocenters. The number of H-pyrrole nitrogens is 1. The van der Waals surface area contributed by atoms with E-state index in [2.05, 4.69) is 32.4 Å². The number of ether oxygens (including phenoxy) is 1. The van der Waals surface area contributed by atoms with Crippen molar-refractivity contribution in [2.45, 2.75) is 20.0 Å². The number of anilines is 2. The molecule has 3 heterocycles. The minimum atomic E-state index is 0.174. The number of nitrogen functional groups attached to an aromatic ring is 1. The van der Waals surface area contributed by atoms with Gasteiger partial charge >= 0.3 is 0 Å². The molecule has 1 aliphatic heterocycles. The zero-order valence-corrected chi connectivity index (χ0v) is 15.3. The first-order chi connectivity index (χ1) is 12.5. The summed E-state index contributed by atoms with van der Waals surface area (Å²) in [5.74, 6) is 1.17. The van der Waals surface area contributed by atoms with Crippen LogP contribution in [0.15, 0.2) is 12.3 Å². The number of nitrogens with zero attached hydrogens (tertiary/aromatic N) is 4. The Hall–Kier alpha value is -2.81. The van der Waals surface area contributed by atoms with Crippen molar-refractivity contribution in [1.82, 2.24) is 25.3 Å². The molecule has 0 saturated carbocycles. The Bertz CT molecular complexity index is 808. The second-order valence-corrected chi connectivity index (χ2v) is 6.27. The maximum atomic E-state index is 11.4. The van der Waals surface area contributed by atoms with Crippen LogP contribution < -0.4 is 16.0 Å². The Kier molecular flexibility index (Phi) is 5.27. The van der Waals surface area contributed by atoms with Crippen LogP contribution in [0.2, 0.25) is 0 Å². The van der Waals surface area contributed by atoms with E-state index in [4.69, 9.17) is 10.5 Å². The number of aryl methyl sites for hydroxylation is 1. The van der Waals surface area contributed by atoms with Crippen LogP contribution in [0.3, 0.4) is 0 Å². The highest BCUT2D eigenvalue weighted by atomic mass is 16.5. The van der Waals surface area contributed by atoms with Crippen LogP contribution in [-0.2, 0) is 11.8 Å². The molecule has 0 aliphatic carbocycles. The van der Waals surface area contributed by atoms with E-state index in [1.54, 1.807) is 0 Å². The molecule has 0 radical (unpaired) electrons. The second kappa shape index (κ2) is 7.61. The number of nitrogens with one attached hydrogen (secondary N) is 2. The van der Waals surface area contributed by atoms with Gasteiger partial charge in [0.2, 0.25) is 0 Å². The highest BCUT2D eigenvalue weighted by molar-refractivity contribution is 5.92. The molecule has 1 fully saturated rings. The van der Waals surface area contributed by atoms with Gasteiger partial charge in [0.05, 0.1) is 29.7 Å². The molecule has 2 aromatic heterocycles. The summed E-state index contributed by atoms with van der Waals surface area (Å²) in [7, 11) is 1.91. The van der Waals surface area contributed by atoms with Crippen LogP contribution in [0.4, 0.5) is 11.6 Å². The average Bonchev–Trinajstić information content (AvgIpc) is 3.18. The molecular formula is C17H25N7O2. The van der Waals surface area contributed by atoms with Gasteiger partial charge in [-0.05, 0) is 13.8 Å². The van der Waals surface area contributed by atoms with Crippen LogP contribution >= 0.6 is 0 Å². The van der Waals surface area contributed by atoms with Crippen molar-refractivity contribution in [3.8, 4) is 0 Å². The predicted molar refractivity (Wildman–Crippen MR) is 100.0 cm³/mol. The Morgan fingerprint density at radius 1 is 1.58 bits per heavy atom. The van der Waals surface area contributed by atoms with Crippen molar-refractivity contribution in [1.29, 1.82) is 0 Å². The van der Waals surface area contributed by atoms with Crippen LogP contribution in [0.5, 0.6) is 0 Å². The molecule has 0 bridgehead atoms. The Labute approximate surface area is 152 Å². The number of hydrogen-bond donors (Lipinski definition) is 3. The van der Waals surface area contributed by atoms with E-state index in [9.17, 15) is 4.79 Å². The first kappa shape index (κ1) is 18.0. The van der Waals surface area contributed by atoms with Crippen molar-refractivity contribution in [3.63, 3.8) is 0 Å². The molecule has 9 nitrogen and oxygen atoms in total. The summed E-state index contributed by atoms with van der Waals surface area (Å²) in [5, 5.41) is 14.6. The van der Waals surface area contributed by atoms with Gasteiger partial charge < -0.3 is 20.7 Å². The third kappa shape index (κ3) is 3.43. The second-order valence-electron chi connectivity index (χ2n) is 6.27. The summed E-state index contributed by atoms with van der Waals surface area (Å²) in [6.07, 6.45) is 2.71. The van der Waals surface area contributed by atoms with E-state index in [-0.39, 0.29) is 11.9 Å². The van der Waals surface area contributed by atoms with Crippen molar-refractivity contribution in [2.75, 3.05) is 36.9 Å². The quantitative estimate of drug-likeness (QED) is 0.653. The van der Waals surface area contributed by atoms with Crippen molar-refractivity contribution in [2.24, 2.45) is 7.05 Å². The van der Waals surface area contributed by atoms with Gasteiger partial charge in [-0.25, -0.2) is 0 Å². The molecule has 4 N–H and O–H groups in total. The van der Waals surface area contributed by atoms with Gasteiger partial charge in [-0.15, -0.1) is 0 Å². The van der Waals surface area contributed by atoms with Gasteiger partial charge in [0.15, 0.2) is 12.1 Å². The minimum Gasteiger partial charge on any atom is -0.391 e. The maximum Gasteiger partial charge on any atom is 0.156 e. The number of carbonyl (C=O) groups excluding carboxylic acids is 1. The Morgan fingerprint density at radius 2 is 2.38 bits per heavy atom. The van der Waals surface area contributed by atoms with Gasteiger partial charge in [0, 0.05) is 44.5 Å². The SMILES string of the molecule is CCN/C=C(/c1cc(N2CCOC(C)C2)n(C)n1)c1[nH]nc(N)c1C=O. The number of aldehydes is 1. The van der Waals surface area contributed by atoms with E-state index in [1.165, 1.54) is 0 Å². The fourth-order valence-corrected chi connectivity index (χ4v) is 3.08. The molecule has 2 aromatic rings. The summed E-state index contributed by atoms with van der Waals surface area (Å²) in [6, 6.07) is 2.01. The largest absolute Gasteiger partial charge is 0.391 e. The standard InChI is InChI=1S/C17H25N7O2/c1-4-19-8-12(16-13(10-25)17(18)21-20-16)14-7-15(23(3)22-14)24-5-6-26-11(2)9-24/h7-8,10-11,19H,4-6,9H2,1-3H3,(H3,18,20,21)/b12-8-. The zero-order chi connectivity index (χ0) is 18.7. The maximum absolute atomic E-state index is 11.4. The lowest BCUT2D eigenvalue weighted by Gasteiger charge is -2.32. The first-order valence-corrected chi connectivity index (χ1v) is 8.69. The molecule has 9 heteroatoms. The van der Waals surface area contributed by atoms with Gasteiger partial charge in [0.1, 0.15) is 5.82 Å². The van der Waals surface area contributed by atoms with Gasteiger partial charge in [-0.2, -0.15) is 10.2 Å². The summed E-state index contributed by atoms with van der Waals surface area (Å²) >= 11 is 0. The molecule has 0 amide bonds. The van der Waals surface area contributed by atoms with Crippen molar-refractivity contribution in [3.05, 3.63) is 29.2 Å². The lowest BCUT2D eigenvalue weighted by atomic mass is 10.1. The number of carbonyl (C=O) groups is 1. The van der Waals surface area contributed by atoms with Crippen molar-refractivity contribution >= 4 is 23.5 Å². The third-order valence-corrected chi connectivity index (χ3v) is 4.37. The van der Waals surface area contributed by atoms with E-state index in [0.29, 0.717) is 24.2 Å². The molecule has 1 unspecified atom stereocenters. The van der Waals surface area contributed by atoms with Gasteiger partial charge in [0.25, 0.3) is 0 Å². The number of rotatable bonds is 6. The summed E-state index contributed by atoms with van der Waals surface area (Å²) in [5.41, 5.74) is 8.15. The monoisotopic (exact) mass is 359 g/mol. The highest BCUT2D eigenvalue weighted by Crippen LogP contribution is 2.28. The number of morpholine rings is 1. The Balaban J connectivity index is 2.00. The molecular weight excluding hydrogens is 334 g/mol.